The third-order valence-electron chi connectivity index (χ3n) is 4.15. The highest BCUT2D eigenvalue weighted by Crippen LogP contribution is 2.31. The van der Waals surface area contributed by atoms with Crippen molar-refractivity contribution >= 4 is 29.3 Å². The van der Waals surface area contributed by atoms with E-state index in [0.717, 1.165) is 0 Å². The van der Waals surface area contributed by atoms with Gasteiger partial charge >= 0.3 is 24.6 Å². The van der Waals surface area contributed by atoms with Crippen molar-refractivity contribution in [3.05, 3.63) is 63.5 Å². The first kappa shape index (κ1) is 22.2. The smallest absolute Gasteiger partial charge is 0.387 e. The zero-order valence-electron chi connectivity index (χ0n) is 16.2. The Bertz CT molecular complexity index is 993. The van der Waals surface area contributed by atoms with E-state index >= 15 is 0 Å². The Morgan fingerprint density at radius 2 is 1.90 bits per heavy atom. The summed E-state index contributed by atoms with van der Waals surface area (Å²) in [5, 5.41) is 6.89. The molecule has 164 valence electrons. The van der Waals surface area contributed by atoms with Gasteiger partial charge in [-0.05, 0) is 30.5 Å². The summed E-state index contributed by atoms with van der Waals surface area (Å²) in [4.78, 5) is 37.9. The highest BCUT2D eigenvalue weighted by Gasteiger charge is 2.35. The normalized spacial score (nSPS) is 15.9. The van der Waals surface area contributed by atoms with Crippen molar-refractivity contribution in [2.45, 2.75) is 19.6 Å². The number of esters is 2. The average molecular weight is 452 g/mol. The first-order valence-corrected chi connectivity index (χ1v) is 10.0. The van der Waals surface area contributed by atoms with Crippen LogP contribution in [0.2, 0.25) is 0 Å². The number of rotatable bonds is 8. The molecule has 0 fully saturated rings. The fourth-order valence-electron chi connectivity index (χ4n) is 2.90. The number of hydrogen-bond donors (Lipinski definition) is 2. The Morgan fingerprint density at radius 1 is 1.13 bits per heavy atom. The van der Waals surface area contributed by atoms with Crippen LogP contribution in [0.4, 0.5) is 13.6 Å². The van der Waals surface area contributed by atoms with Crippen LogP contribution >= 0.6 is 11.3 Å². The number of nitrogens with one attached hydrogen (secondary N) is 2. The predicted octanol–water partition coefficient (Wildman–Crippen LogP) is 3.38. The maximum Gasteiger partial charge on any atom is 0.387 e. The number of carbonyl (C=O) groups excluding carboxylic acids is 3. The largest absolute Gasteiger partial charge is 0.463 e. The van der Waals surface area contributed by atoms with E-state index in [9.17, 15) is 23.2 Å². The Morgan fingerprint density at radius 3 is 2.58 bits per heavy atom. The number of hydrogen-bond acceptors (Lipinski definition) is 7. The van der Waals surface area contributed by atoms with Gasteiger partial charge in [-0.2, -0.15) is 8.78 Å². The predicted molar refractivity (Wildman–Crippen MR) is 106 cm³/mol. The van der Waals surface area contributed by atoms with Crippen LogP contribution in [0.25, 0.3) is 0 Å². The molecule has 8 nitrogen and oxygen atoms in total. The molecule has 1 aliphatic rings. The molecule has 0 spiro atoms. The van der Waals surface area contributed by atoms with Crippen LogP contribution in [0.15, 0.2) is 53.0 Å². The minimum absolute atomic E-state index is 0.0289. The maximum atomic E-state index is 12.6. The fraction of sp³-hybridized carbons (Fsp3) is 0.250. The number of ether oxygens (including phenoxy) is 3. The molecule has 1 aromatic heterocycles. The number of alkyl halides is 2. The number of carbonyl (C=O) groups is 3. The van der Waals surface area contributed by atoms with Gasteiger partial charge < -0.3 is 24.8 Å². The van der Waals surface area contributed by atoms with Gasteiger partial charge in [-0.3, -0.25) is 0 Å². The van der Waals surface area contributed by atoms with E-state index in [0.29, 0.717) is 4.88 Å². The summed E-state index contributed by atoms with van der Waals surface area (Å²) in [6.45, 7) is -1.89. The molecular weight excluding hydrogens is 434 g/mol. The summed E-state index contributed by atoms with van der Waals surface area (Å²) < 4.78 is 39.8. The van der Waals surface area contributed by atoms with E-state index in [-0.39, 0.29) is 29.2 Å². The van der Waals surface area contributed by atoms with Gasteiger partial charge in [0.1, 0.15) is 17.9 Å². The van der Waals surface area contributed by atoms with E-state index in [1.54, 1.807) is 24.4 Å². The summed E-state index contributed by atoms with van der Waals surface area (Å²) >= 11 is 1.32. The van der Waals surface area contributed by atoms with E-state index < -0.39 is 37.2 Å². The van der Waals surface area contributed by atoms with Crippen molar-refractivity contribution in [1.82, 2.24) is 10.6 Å². The zero-order valence-corrected chi connectivity index (χ0v) is 17.0. The molecule has 0 radical (unpaired) electrons. The number of halogens is 2. The van der Waals surface area contributed by atoms with Crippen molar-refractivity contribution in [1.29, 1.82) is 0 Å². The second-order valence-electron chi connectivity index (χ2n) is 6.11. The minimum atomic E-state index is -3.12. The molecule has 0 aliphatic carbocycles. The first-order chi connectivity index (χ1) is 14.9. The molecular formula is C20H18F2N2O6S. The van der Waals surface area contributed by atoms with Gasteiger partial charge in [0.05, 0.1) is 23.9 Å². The van der Waals surface area contributed by atoms with Crippen LogP contribution in [-0.2, 0) is 14.3 Å². The van der Waals surface area contributed by atoms with Crippen molar-refractivity contribution in [2.75, 3.05) is 13.2 Å². The van der Waals surface area contributed by atoms with Crippen LogP contribution in [0.5, 0.6) is 5.75 Å². The molecule has 1 unspecified atom stereocenters. The Hall–Kier alpha value is -3.47. The lowest BCUT2D eigenvalue weighted by Crippen LogP contribution is -2.46. The molecule has 0 saturated heterocycles. The summed E-state index contributed by atoms with van der Waals surface area (Å²) in [5.41, 5.74) is -0.119. The summed E-state index contributed by atoms with van der Waals surface area (Å²) in [7, 11) is 0. The Labute approximate surface area is 179 Å². The second kappa shape index (κ2) is 10.0. The molecule has 2 aromatic rings. The quantitative estimate of drug-likeness (QED) is 0.596. The van der Waals surface area contributed by atoms with E-state index in [4.69, 9.17) is 9.47 Å². The van der Waals surface area contributed by atoms with Gasteiger partial charge in [-0.1, -0.05) is 18.2 Å². The molecule has 1 aliphatic heterocycles. The molecule has 1 atom stereocenters. The first-order valence-electron chi connectivity index (χ1n) is 9.12. The lowest BCUT2D eigenvalue weighted by atomic mass is 10.0. The molecule has 2 heterocycles. The molecule has 11 heteroatoms. The Kier molecular flexibility index (Phi) is 7.19. The maximum absolute atomic E-state index is 12.6. The second-order valence-corrected chi connectivity index (χ2v) is 7.09. The molecule has 2 N–H and O–H groups in total. The van der Waals surface area contributed by atoms with Gasteiger partial charge in [0, 0.05) is 4.88 Å². The number of urea groups is 1. The third-order valence-corrected chi connectivity index (χ3v) is 5.08. The molecule has 0 saturated carbocycles. The number of amides is 2. The lowest BCUT2D eigenvalue weighted by Gasteiger charge is -2.28. The summed E-state index contributed by atoms with van der Waals surface area (Å²) in [6, 6.07) is 7.45. The molecule has 0 bridgehead atoms. The van der Waals surface area contributed by atoms with Crippen molar-refractivity contribution < 1.29 is 37.4 Å². The summed E-state index contributed by atoms with van der Waals surface area (Å²) in [5.74, 6) is -2.01. The van der Waals surface area contributed by atoms with Crippen molar-refractivity contribution in [3.63, 3.8) is 0 Å². The average Bonchev–Trinajstić information content (AvgIpc) is 3.26. The van der Waals surface area contributed by atoms with Gasteiger partial charge in [0.15, 0.2) is 0 Å². The van der Waals surface area contributed by atoms with Gasteiger partial charge in [-0.25, -0.2) is 14.4 Å². The Balaban J connectivity index is 1.88. The third kappa shape index (κ3) is 5.37. The molecule has 3 rings (SSSR count). The van der Waals surface area contributed by atoms with Crippen LogP contribution in [-0.4, -0.2) is 37.8 Å². The standard InChI is InChI=1S/C20H18F2N2O6S/c1-2-28-18(26)15-12(23-20(27)24-16(15)14-8-5-9-31-14)10-29-17(25)11-6-3-4-7-13(11)30-19(21)22/h3-9,16,19H,2,10H2,1H3,(H2,23,24,27). The van der Waals surface area contributed by atoms with Crippen LogP contribution in [0, 0.1) is 0 Å². The molecule has 31 heavy (non-hydrogen) atoms. The van der Waals surface area contributed by atoms with Gasteiger partial charge in [0.25, 0.3) is 0 Å². The monoisotopic (exact) mass is 452 g/mol. The van der Waals surface area contributed by atoms with Crippen LogP contribution in [0.3, 0.4) is 0 Å². The minimum Gasteiger partial charge on any atom is -0.463 e. The van der Waals surface area contributed by atoms with Crippen molar-refractivity contribution in [3.8, 4) is 5.75 Å². The molecule has 2 amide bonds. The molecule has 1 aromatic carbocycles. The highest BCUT2D eigenvalue weighted by atomic mass is 32.1. The number of para-hydroxylation sites is 1. The summed E-state index contributed by atoms with van der Waals surface area (Å²) in [6.07, 6.45) is 0. The van der Waals surface area contributed by atoms with Crippen LogP contribution < -0.4 is 15.4 Å². The SMILES string of the molecule is CCOC(=O)C1=C(COC(=O)c2ccccc2OC(F)F)NC(=O)NC1c1cccs1. The lowest BCUT2D eigenvalue weighted by molar-refractivity contribution is -0.139. The number of thiophene rings is 1. The van der Waals surface area contributed by atoms with E-state index in [1.165, 1.54) is 35.6 Å². The zero-order chi connectivity index (χ0) is 22.4. The van der Waals surface area contributed by atoms with E-state index in [1.807, 2.05) is 0 Å². The highest BCUT2D eigenvalue weighted by molar-refractivity contribution is 7.10. The van der Waals surface area contributed by atoms with E-state index in [2.05, 4.69) is 15.4 Å². The number of benzene rings is 1. The van der Waals surface area contributed by atoms with Crippen LogP contribution in [0.1, 0.15) is 28.2 Å². The van der Waals surface area contributed by atoms with Gasteiger partial charge in [-0.15, -0.1) is 11.3 Å². The topological polar surface area (TPSA) is 103 Å². The fourth-order valence-corrected chi connectivity index (χ4v) is 3.68. The van der Waals surface area contributed by atoms with Crippen molar-refractivity contribution in [2.24, 2.45) is 0 Å². The van der Waals surface area contributed by atoms with Gasteiger partial charge in [0.2, 0.25) is 0 Å².